The van der Waals surface area contributed by atoms with E-state index in [0.717, 1.165) is 18.5 Å². The first-order valence-corrected chi connectivity index (χ1v) is 7.72. The van der Waals surface area contributed by atoms with Crippen LogP contribution in [0.1, 0.15) is 27.9 Å². The van der Waals surface area contributed by atoms with E-state index < -0.39 is 0 Å². The second-order valence-electron chi connectivity index (χ2n) is 5.32. The molecule has 1 heterocycles. The fourth-order valence-electron chi connectivity index (χ4n) is 2.72. The number of rotatable bonds is 1. The van der Waals surface area contributed by atoms with E-state index in [1.54, 1.807) is 11.0 Å². The van der Waals surface area contributed by atoms with Crippen molar-refractivity contribution in [2.24, 2.45) is 0 Å². The summed E-state index contributed by atoms with van der Waals surface area (Å²) in [7, 11) is 0. The monoisotopic (exact) mass is 347 g/mol. The first-order valence-electron chi connectivity index (χ1n) is 6.93. The second-order valence-corrected chi connectivity index (χ2v) is 6.18. The third-order valence-electron chi connectivity index (χ3n) is 3.77. The summed E-state index contributed by atoms with van der Waals surface area (Å²) in [6.07, 6.45) is 1.94. The fraction of sp³-hybridized carbons (Fsp3) is 0.235. The van der Waals surface area contributed by atoms with Gasteiger partial charge in [0.1, 0.15) is 5.82 Å². The summed E-state index contributed by atoms with van der Waals surface area (Å²) in [5.74, 6) is -0.443. The lowest BCUT2D eigenvalue weighted by Crippen LogP contribution is -2.35. The van der Waals surface area contributed by atoms with Crippen LogP contribution in [0.3, 0.4) is 0 Å². The summed E-state index contributed by atoms with van der Waals surface area (Å²) in [6.45, 7) is 2.75. The predicted octanol–water partition coefficient (Wildman–Crippen LogP) is 4.49. The Bertz CT molecular complexity index is 714. The van der Waals surface area contributed by atoms with Crippen LogP contribution in [-0.2, 0) is 6.42 Å². The molecule has 1 amide bonds. The van der Waals surface area contributed by atoms with Crippen molar-refractivity contribution >= 4 is 27.5 Å². The Morgan fingerprint density at radius 1 is 1.24 bits per heavy atom. The Balaban J connectivity index is 1.98. The number of hydrogen-bond acceptors (Lipinski definition) is 1. The van der Waals surface area contributed by atoms with E-state index in [1.165, 1.54) is 23.3 Å². The predicted molar refractivity (Wildman–Crippen MR) is 85.3 cm³/mol. The van der Waals surface area contributed by atoms with Crippen LogP contribution in [0.5, 0.6) is 0 Å². The summed E-state index contributed by atoms with van der Waals surface area (Å²) >= 11 is 3.13. The van der Waals surface area contributed by atoms with E-state index in [2.05, 4.69) is 28.9 Å². The number of carbonyl (C=O) groups is 1. The van der Waals surface area contributed by atoms with E-state index in [4.69, 9.17) is 0 Å². The maximum absolute atomic E-state index is 13.3. The zero-order valence-electron chi connectivity index (χ0n) is 11.7. The molecule has 3 rings (SSSR count). The van der Waals surface area contributed by atoms with E-state index in [0.29, 0.717) is 16.6 Å². The topological polar surface area (TPSA) is 20.3 Å². The van der Waals surface area contributed by atoms with Crippen LogP contribution in [0.25, 0.3) is 0 Å². The Morgan fingerprint density at radius 3 is 2.81 bits per heavy atom. The van der Waals surface area contributed by atoms with Crippen LogP contribution in [0, 0.1) is 12.7 Å². The quantitative estimate of drug-likeness (QED) is 0.744. The van der Waals surface area contributed by atoms with Crippen LogP contribution in [0.2, 0.25) is 0 Å². The molecular formula is C17H15BrFNO. The number of fused-ring (bicyclic) bond motifs is 1. The van der Waals surface area contributed by atoms with Crippen molar-refractivity contribution in [2.75, 3.05) is 11.4 Å². The van der Waals surface area contributed by atoms with Gasteiger partial charge in [0.05, 0.1) is 4.47 Å². The summed E-state index contributed by atoms with van der Waals surface area (Å²) in [5.41, 5.74) is 3.87. The molecule has 0 aliphatic carbocycles. The number of hydrogen-bond donors (Lipinski definition) is 0. The molecule has 0 radical (unpaired) electrons. The summed E-state index contributed by atoms with van der Waals surface area (Å²) < 4.78 is 13.6. The maximum atomic E-state index is 13.3. The average Bonchev–Trinajstić information content (AvgIpc) is 2.48. The molecule has 2 nitrogen and oxygen atoms in total. The zero-order chi connectivity index (χ0) is 15.0. The van der Waals surface area contributed by atoms with Gasteiger partial charge >= 0.3 is 0 Å². The Labute approximate surface area is 131 Å². The van der Waals surface area contributed by atoms with E-state index >= 15 is 0 Å². The number of carbonyl (C=O) groups excluding carboxylic acids is 1. The van der Waals surface area contributed by atoms with Crippen molar-refractivity contribution in [3.8, 4) is 0 Å². The third-order valence-corrected chi connectivity index (χ3v) is 4.37. The lowest BCUT2D eigenvalue weighted by atomic mass is 9.99. The number of aryl methyl sites for hydroxylation is 2. The largest absolute Gasteiger partial charge is 0.308 e. The molecule has 21 heavy (non-hydrogen) atoms. The molecule has 0 bridgehead atoms. The Morgan fingerprint density at radius 2 is 2.05 bits per heavy atom. The molecule has 0 saturated heterocycles. The summed E-state index contributed by atoms with van der Waals surface area (Å²) in [4.78, 5) is 14.5. The van der Waals surface area contributed by atoms with Gasteiger partial charge in [-0.05, 0) is 65.5 Å². The summed E-state index contributed by atoms with van der Waals surface area (Å²) in [5, 5.41) is 0. The normalized spacial score (nSPS) is 14.0. The SMILES string of the molecule is Cc1ccc2c(c1)CCCN2C(=O)c1ccc(F)c(Br)c1. The van der Waals surface area contributed by atoms with Gasteiger partial charge in [-0.1, -0.05) is 17.7 Å². The Kier molecular flexibility index (Phi) is 3.81. The number of halogens is 2. The van der Waals surface area contributed by atoms with Gasteiger partial charge in [0, 0.05) is 17.8 Å². The summed E-state index contributed by atoms with van der Waals surface area (Å²) in [6, 6.07) is 10.5. The first kappa shape index (κ1) is 14.3. The minimum Gasteiger partial charge on any atom is -0.308 e. The molecule has 108 valence electrons. The zero-order valence-corrected chi connectivity index (χ0v) is 13.3. The van der Waals surface area contributed by atoms with Gasteiger partial charge < -0.3 is 4.90 Å². The molecule has 0 unspecified atom stereocenters. The van der Waals surface area contributed by atoms with Crippen LogP contribution in [-0.4, -0.2) is 12.5 Å². The van der Waals surface area contributed by atoms with Crippen molar-refractivity contribution in [2.45, 2.75) is 19.8 Å². The minimum atomic E-state index is -0.360. The molecule has 0 aromatic heterocycles. The first-order chi connectivity index (χ1) is 10.1. The highest BCUT2D eigenvalue weighted by Crippen LogP contribution is 2.29. The maximum Gasteiger partial charge on any atom is 0.258 e. The van der Waals surface area contributed by atoms with Gasteiger partial charge in [-0.3, -0.25) is 4.79 Å². The van der Waals surface area contributed by atoms with Crippen molar-refractivity contribution in [1.29, 1.82) is 0 Å². The highest BCUT2D eigenvalue weighted by molar-refractivity contribution is 9.10. The average molecular weight is 348 g/mol. The molecule has 0 spiro atoms. The number of benzene rings is 2. The molecular weight excluding hydrogens is 333 g/mol. The minimum absolute atomic E-state index is 0.0829. The molecule has 2 aromatic carbocycles. The second kappa shape index (κ2) is 5.60. The number of nitrogens with zero attached hydrogens (tertiary/aromatic N) is 1. The fourth-order valence-corrected chi connectivity index (χ4v) is 3.10. The smallest absolute Gasteiger partial charge is 0.258 e. The third kappa shape index (κ3) is 2.72. The van der Waals surface area contributed by atoms with Gasteiger partial charge in [-0.25, -0.2) is 4.39 Å². The van der Waals surface area contributed by atoms with Crippen LogP contribution in [0.4, 0.5) is 10.1 Å². The Hall–Kier alpha value is -1.68. The van der Waals surface area contributed by atoms with E-state index in [-0.39, 0.29) is 11.7 Å². The van der Waals surface area contributed by atoms with Crippen molar-refractivity contribution < 1.29 is 9.18 Å². The number of amides is 1. The lowest BCUT2D eigenvalue weighted by molar-refractivity contribution is 0.0985. The molecule has 0 N–H and O–H groups in total. The molecule has 2 aromatic rings. The van der Waals surface area contributed by atoms with Crippen LogP contribution >= 0.6 is 15.9 Å². The van der Waals surface area contributed by atoms with E-state index in [9.17, 15) is 9.18 Å². The molecule has 0 fully saturated rings. The molecule has 0 saturated carbocycles. The van der Waals surface area contributed by atoms with Crippen molar-refractivity contribution in [1.82, 2.24) is 0 Å². The van der Waals surface area contributed by atoms with Gasteiger partial charge in [0.2, 0.25) is 0 Å². The van der Waals surface area contributed by atoms with Gasteiger partial charge in [0.15, 0.2) is 0 Å². The molecule has 1 aliphatic rings. The molecule has 4 heteroatoms. The van der Waals surface area contributed by atoms with Crippen molar-refractivity contribution in [3.63, 3.8) is 0 Å². The van der Waals surface area contributed by atoms with E-state index in [1.807, 2.05) is 12.1 Å². The molecule has 0 atom stereocenters. The highest BCUT2D eigenvalue weighted by atomic mass is 79.9. The standard InChI is InChI=1S/C17H15BrFNO/c1-11-4-7-16-12(9-11)3-2-8-20(16)17(21)13-5-6-15(19)14(18)10-13/h4-7,9-10H,2-3,8H2,1H3. The van der Waals surface area contributed by atoms with Crippen molar-refractivity contribution in [3.05, 3.63) is 63.4 Å². The van der Waals surface area contributed by atoms with Gasteiger partial charge in [-0.2, -0.15) is 0 Å². The lowest BCUT2D eigenvalue weighted by Gasteiger charge is -2.30. The van der Waals surface area contributed by atoms with Crippen LogP contribution in [0.15, 0.2) is 40.9 Å². The number of anilines is 1. The molecule has 1 aliphatic heterocycles. The van der Waals surface area contributed by atoms with Gasteiger partial charge in [-0.15, -0.1) is 0 Å². The van der Waals surface area contributed by atoms with Gasteiger partial charge in [0.25, 0.3) is 5.91 Å². The highest BCUT2D eigenvalue weighted by Gasteiger charge is 2.23. The van der Waals surface area contributed by atoms with Crippen LogP contribution < -0.4 is 4.90 Å².